The molecule has 2 aliphatic carbocycles. The Labute approximate surface area is 173 Å². The first-order valence-corrected chi connectivity index (χ1v) is 11.8. The molecule has 28 heavy (non-hydrogen) atoms. The molecule has 2 amide bonds. The van der Waals surface area contributed by atoms with Crippen molar-refractivity contribution < 1.29 is 9.59 Å². The first-order chi connectivity index (χ1) is 13.7. The summed E-state index contributed by atoms with van der Waals surface area (Å²) in [6, 6.07) is 10.3. The van der Waals surface area contributed by atoms with Crippen molar-refractivity contribution in [3.05, 3.63) is 30.3 Å². The number of carbonyl (C=O) groups excluding carboxylic acids is 2. The number of hydrogen-bond acceptors (Lipinski definition) is 5. The lowest BCUT2D eigenvalue weighted by atomic mass is 9.89. The highest BCUT2D eigenvalue weighted by Crippen LogP contribution is 2.38. The lowest BCUT2D eigenvalue weighted by Crippen LogP contribution is -2.26. The van der Waals surface area contributed by atoms with E-state index in [-0.39, 0.29) is 17.7 Å². The maximum atomic E-state index is 12.8. The molecule has 2 N–H and O–H groups in total. The summed E-state index contributed by atoms with van der Waals surface area (Å²) in [5.41, 5.74) is 1.77. The van der Waals surface area contributed by atoms with Crippen LogP contribution in [0.15, 0.2) is 34.7 Å². The molecule has 4 rings (SSSR count). The van der Waals surface area contributed by atoms with Gasteiger partial charge < -0.3 is 10.6 Å². The Bertz CT molecular complexity index is 827. The third kappa shape index (κ3) is 5.14. The Hall–Kier alpha value is -1.86. The van der Waals surface area contributed by atoms with Crippen LogP contribution in [0.1, 0.15) is 44.9 Å². The van der Waals surface area contributed by atoms with Gasteiger partial charge in [0.15, 0.2) is 4.34 Å². The van der Waals surface area contributed by atoms with Crippen LogP contribution in [0, 0.1) is 5.92 Å². The molecule has 0 bridgehead atoms. The van der Waals surface area contributed by atoms with Gasteiger partial charge in [0, 0.05) is 17.5 Å². The fraction of sp³-hybridized carbons (Fsp3) is 0.476. The number of thiazole rings is 1. The predicted molar refractivity (Wildman–Crippen MR) is 115 cm³/mol. The van der Waals surface area contributed by atoms with E-state index in [1.165, 1.54) is 29.5 Å². The highest BCUT2D eigenvalue weighted by molar-refractivity contribution is 8.01. The minimum atomic E-state index is 0.0525. The first kappa shape index (κ1) is 19.5. The molecule has 2 saturated carbocycles. The van der Waals surface area contributed by atoms with Crippen LogP contribution in [0.2, 0.25) is 0 Å². The third-order valence-corrected chi connectivity index (χ3v) is 7.25. The maximum absolute atomic E-state index is 12.8. The molecule has 0 saturated heterocycles. The largest absolute Gasteiger partial charge is 0.353 e. The number of anilines is 1. The summed E-state index contributed by atoms with van der Waals surface area (Å²) in [6.07, 6.45) is 7.59. The van der Waals surface area contributed by atoms with Crippen molar-refractivity contribution >= 4 is 39.9 Å². The van der Waals surface area contributed by atoms with E-state index in [1.807, 2.05) is 30.3 Å². The van der Waals surface area contributed by atoms with Gasteiger partial charge >= 0.3 is 0 Å². The van der Waals surface area contributed by atoms with E-state index in [0.29, 0.717) is 11.8 Å². The minimum absolute atomic E-state index is 0.0525. The predicted octanol–water partition coefficient (Wildman–Crippen LogP) is 4.70. The molecule has 0 unspecified atom stereocenters. The van der Waals surface area contributed by atoms with Gasteiger partial charge in [-0.2, -0.15) is 0 Å². The average Bonchev–Trinajstić information content (AvgIpc) is 3.45. The number of nitrogens with zero attached hydrogens (tertiary/aromatic N) is 1. The molecular formula is C21H25N3O2S2. The van der Waals surface area contributed by atoms with E-state index in [2.05, 4.69) is 10.6 Å². The van der Waals surface area contributed by atoms with Crippen molar-refractivity contribution in [2.24, 2.45) is 5.92 Å². The molecule has 1 aromatic carbocycles. The Morgan fingerprint density at radius 1 is 1.07 bits per heavy atom. The van der Waals surface area contributed by atoms with Gasteiger partial charge in [-0.3, -0.25) is 9.59 Å². The number of nitrogens with one attached hydrogen (secondary N) is 2. The van der Waals surface area contributed by atoms with Gasteiger partial charge in [-0.25, -0.2) is 4.98 Å². The fourth-order valence-electron chi connectivity index (χ4n) is 3.44. The molecule has 0 spiro atoms. The van der Waals surface area contributed by atoms with E-state index >= 15 is 0 Å². The first-order valence-electron chi connectivity index (χ1n) is 9.98. The molecule has 1 aromatic heterocycles. The summed E-state index contributed by atoms with van der Waals surface area (Å²) in [7, 11) is 0. The topological polar surface area (TPSA) is 71.1 Å². The normalized spacial score (nSPS) is 17.3. The van der Waals surface area contributed by atoms with Crippen molar-refractivity contribution in [1.29, 1.82) is 0 Å². The summed E-state index contributed by atoms with van der Waals surface area (Å²) in [5, 5.41) is 6.92. The molecule has 0 aliphatic heterocycles. The van der Waals surface area contributed by atoms with E-state index in [0.717, 1.165) is 59.1 Å². The van der Waals surface area contributed by atoms with Crippen LogP contribution >= 0.6 is 23.1 Å². The second-order valence-corrected chi connectivity index (χ2v) is 9.70. The van der Waals surface area contributed by atoms with Gasteiger partial charge in [0.05, 0.1) is 5.75 Å². The zero-order valence-electron chi connectivity index (χ0n) is 15.8. The highest BCUT2D eigenvalue weighted by atomic mass is 32.2. The van der Waals surface area contributed by atoms with Crippen LogP contribution in [-0.2, 0) is 9.59 Å². The van der Waals surface area contributed by atoms with Crippen molar-refractivity contribution in [3.8, 4) is 11.3 Å². The van der Waals surface area contributed by atoms with Gasteiger partial charge in [0.1, 0.15) is 10.7 Å². The van der Waals surface area contributed by atoms with Crippen LogP contribution in [0.5, 0.6) is 0 Å². The van der Waals surface area contributed by atoms with Crippen molar-refractivity contribution in [2.75, 3.05) is 11.1 Å². The second kappa shape index (κ2) is 9.09. The van der Waals surface area contributed by atoms with Crippen LogP contribution in [0.3, 0.4) is 0 Å². The SMILES string of the molecule is O=C(CSc1nc(-c2ccccc2)c(NC(=O)C2CCCCC2)s1)NC1CC1. The quantitative estimate of drug-likeness (QED) is 0.643. The average molecular weight is 416 g/mol. The van der Waals surface area contributed by atoms with E-state index in [9.17, 15) is 9.59 Å². The molecule has 7 heteroatoms. The molecule has 0 radical (unpaired) electrons. The highest BCUT2D eigenvalue weighted by Gasteiger charge is 2.25. The monoisotopic (exact) mass is 415 g/mol. The Balaban J connectivity index is 1.48. The molecule has 2 aromatic rings. The van der Waals surface area contributed by atoms with Crippen LogP contribution < -0.4 is 10.6 Å². The molecular weight excluding hydrogens is 390 g/mol. The van der Waals surface area contributed by atoms with Gasteiger partial charge in [0.2, 0.25) is 11.8 Å². The summed E-state index contributed by atoms with van der Waals surface area (Å²) < 4.78 is 0.809. The van der Waals surface area contributed by atoms with E-state index < -0.39 is 0 Å². The number of benzene rings is 1. The van der Waals surface area contributed by atoms with Crippen LogP contribution in [-0.4, -0.2) is 28.6 Å². The summed E-state index contributed by atoms with van der Waals surface area (Å²) >= 11 is 2.90. The van der Waals surface area contributed by atoms with Crippen molar-refractivity contribution in [1.82, 2.24) is 10.3 Å². The minimum Gasteiger partial charge on any atom is -0.353 e. The second-order valence-electron chi connectivity index (χ2n) is 7.48. The van der Waals surface area contributed by atoms with Crippen LogP contribution in [0.25, 0.3) is 11.3 Å². The number of carbonyl (C=O) groups is 2. The standard InChI is InChI=1S/C21H25N3O2S2/c25-17(22-16-11-12-16)13-27-21-23-18(14-7-3-1-4-8-14)20(28-21)24-19(26)15-9-5-2-6-10-15/h1,3-4,7-8,15-16H,2,5-6,9-13H2,(H,22,25)(H,24,26). The zero-order valence-corrected chi connectivity index (χ0v) is 17.4. The number of thioether (sulfide) groups is 1. The molecule has 1 heterocycles. The Morgan fingerprint density at radius 3 is 2.54 bits per heavy atom. The zero-order chi connectivity index (χ0) is 19.3. The summed E-state index contributed by atoms with van der Waals surface area (Å²) in [5.74, 6) is 0.606. The lowest BCUT2D eigenvalue weighted by molar-refractivity contribution is -0.121. The molecule has 5 nitrogen and oxygen atoms in total. The smallest absolute Gasteiger partial charge is 0.230 e. The summed E-state index contributed by atoms with van der Waals surface area (Å²) in [6.45, 7) is 0. The number of amides is 2. The molecule has 0 atom stereocenters. The van der Waals surface area contributed by atoms with Crippen molar-refractivity contribution in [2.45, 2.75) is 55.3 Å². The number of aromatic nitrogens is 1. The van der Waals surface area contributed by atoms with Gasteiger partial charge in [-0.05, 0) is 25.7 Å². The van der Waals surface area contributed by atoms with Gasteiger partial charge in [-0.1, -0.05) is 72.7 Å². The lowest BCUT2D eigenvalue weighted by Gasteiger charge is -2.20. The van der Waals surface area contributed by atoms with Gasteiger partial charge in [-0.15, -0.1) is 0 Å². The van der Waals surface area contributed by atoms with Crippen molar-refractivity contribution in [3.63, 3.8) is 0 Å². The molecule has 2 aliphatic rings. The number of rotatable bonds is 7. The summed E-state index contributed by atoms with van der Waals surface area (Å²) in [4.78, 5) is 29.5. The molecule has 148 valence electrons. The number of hydrogen-bond donors (Lipinski definition) is 2. The Morgan fingerprint density at radius 2 is 1.82 bits per heavy atom. The van der Waals surface area contributed by atoms with E-state index in [4.69, 9.17) is 4.98 Å². The van der Waals surface area contributed by atoms with E-state index in [1.54, 1.807) is 0 Å². The molecule has 2 fully saturated rings. The van der Waals surface area contributed by atoms with Crippen LogP contribution in [0.4, 0.5) is 5.00 Å². The Kier molecular flexibility index (Phi) is 6.32. The maximum Gasteiger partial charge on any atom is 0.230 e. The third-order valence-electron chi connectivity index (χ3n) is 5.14. The van der Waals surface area contributed by atoms with Gasteiger partial charge in [0.25, 0.3) is 0 Å². The fourth-order valence-corrected chi connectivity index (χ4v) is 5.32.